The molecule has 0 aromatic carbocycles. The maximum atomic E-state index is 10.6. The lowest BCUT2D eigenvalue weighted by molar-refractivity contribution is -0.0936. The highest BCUT2D eigenvalue weighted by atomic mass is 28.4. The van der Waals surface area contributed by atoms with Gasteiger partial charge in [-0.05, 0) is 111 Å². The minimum Gasteiger partial charge on any atom is -0.417 e. The Hall–Kier alpha value is -0.163. The van der Waals surface area contributed by atoms with E-state index in [1.807, 2.05) is 0 Å². The van der Waals surface area contributed by atoms with Crippen molar-refractivity contribution >= 4 is 8.32 Å². The van der Waals surface area contributed by atoms with E-state index >= 15 is 0 Å². The molecule has 180 valence electrons. The zero-order valence-electron chi connectivity index (χ0n) is 21.6. The average molecular weight is 450 g/mol. The molecule has 3 aliphatic rings. The molecule has 3 fully saturated rings. The lowest BCUT2D eigenvalue weighted by atomic mass is 9.49. The van der Waals surface area contributed by atoms with E-state index in [0.717, 1.165) is 44.8 Å². The van der Waals surface area contributed by atoms with Gasteiger partial charge < -0.3 is 15.3 Å². The van der Waals surface area contributed by atoms with E-state index in [1.165, 1.54) is 31.3 Å². The summed E-state index contributed by atoms with van der Waals surface area (Å²) in [6.45, 7) is 22.8. The first kappa shape index (κ1) is 25.5. The van der Waals surface area contributed by atoms with Gasteiger partial charge in [-0.25, -0.2) is 0 Å². The Morgan fingerprint density at radius 1 is 1.13 bits per heavy atom. The first-order valence-electron chi connectivity index (χ1n) is 13.0. The van der Waals surface area contributed by atoms with Gasteiger partial charge in [0.15, 0.2) is 8.32 Å². The van der Waals surface area contributed by atoms with Gasteiger partial charge in [0.1, 0.15) is 0 Å². The summed E-state index contributed by atoms with van der Waals surface area (Å²) in [5.41, 5.74) is 8.22. The van der Waals surface area contributed by atoms with Gasteiger partial charge >= 0.3 is 0 Å². The third-order valence-electron chi connectivity index (χ3n) is 10.7. The Morgan fingerprint density at radius 2 is 1.81 bits per heavy atom. The summed E-state index contributed by atoms with van der Waals surface area (Å²) < 4.78 is 6.78. The topological polar surface area (TPSA) is 55.5 Å². The first-order valence-corrected chi connectivity index (χ1v) is 15.9. The zero-order chi connectivity index (χ0) is 23.2. The number of hydrogen-bond donors (Lipinski definition) is 2. The van der Waals surface area contributed by atoms with Crippen LogP contribution in [0.1, 0.15) is 86.0 Å². The van der Waals surface area contributed by atoms with Crippen LogP contribution in [0.2, 0.25) is 18.1 Å². The first-order chi connectivity index (χ1) is 14.3. The highest BCUT2D eigenvalue weighted by molar-refractivity contribution is 6.74. The maximum Gasteiger partial charge on any atom is 0.191 e. The molecular formula is C27H51NO2Si. The standard InChI is InChI=1S/C27H51NO2Si/c1-19-9-10-23-22(13-16-28)24(12-15-26(19,23)5)27(6)14-11-21(29)17-20(27)18-30-31(7,8)25(2,3)4/h20-24,29H,1,9-18,28H2,2-8H3/t20-,21+,22-,23+,24+,26-,27+/m1/s1. The fourth-order valence-electron chi connectivity index (χ4n) is 7.28. The monoisotopic (exact) mass is 449 g/mol. The van der Waals surface area contributed by atoms with Crippen LogP contribution in [0, 0.1) is 34.5 Å². The number of rotatable bonds is 6. The molecule has 3 aliphatic carbocycles. The Morgan fingerprint density at radius 3 is 2.42 bits per heavy atom. The van der Waals surface area contributed by atoms with Gasteiger partial charge in [0.05, 0.1) is 6.10 Å². The van der Waals surface area contributed by atoms with E-state index in [9.17, 15) is 5.11 Å². The molecule has 0 bridgehead atoms. The number of hydrogen-bond acceptors (Lipinski definition) is 3. The molecule has 3 nitrogen and oxygen atoms in total. The number of allylic oxidation sites excluding steroid dienone is 1. The van der Waals surface area contributed by atoms with Crippen molar-refractivity contribution in [2.75, 3.05) is 13.2 Å². The molecule has 0 aromatic rings. The van der Waals surface area contributed by atoms with E-state index in [2.05, 4.69) is 54.3 Å². The second kappa shape index (κ2) is 8.89. The van der Waals surface area contributed by atoms with E-state index in [-0.39, 0.29) is 16.6 Å². The normalized spacial score (nSPS) is 42.0. The van der Waals surface area contributed by atoms with Crippen molar-refractivity contribution in [3.05, 3.63) is 12.2 Å². The maximum absolute atomic E-state index is 10.6. The van der Waals surface area contributed by atoms with Gasteiger partial charge in [0.2, 0.25) is 0 Å². The molecule has 0 aliphatic heterocycles. The number of aliphatic hydroxyl groups is 1. The summed E-state index contributed by atoms with van der Waals surface area (Å²) in [7, 11) is -1.81. The lowest BCUT2D eigenvalue weighted by Gasteiger charge is -2.57. The van der Waals surface area contributed by atoms with Crippen LogP contribution in [0.4, 0.5) is 0 Å². The second-order valence-electron chi connectivity index (χ2n) is 13.3. The molecule has 3 rings (SSSR count). The van der Waals surface area contributed by atoms with Crippen molar-refractivity contribution in [2.45, 2.75) is 110 Å². The van der Waals surface area contributed by atoms with Crippen LogP contribution in [0.3, 0.4) is 0 Å². The van der Waals surface area contributed by atoms with Gasteiger partial charge in [-0.1, -0.05) is 46.8 Å². The Balaban J connectivity index is 1.87. The molecule has 0 heterocycles. The third-order valence-corrected chi connectivity index (χ3v) is 15.2. The van der Waals surface area contributed by atoms with Crippen molar-refractivity contribution in [3.63, 3.8) is 0 Å². The quantitative estimate of drug-likeness (QED) is 0.358. The van der Waals surface area contributed by atoms with Crippen LogP contribution in [0.5, 0.6) is 0 Å². The number of aliphatic hydroxyl groups excluding tert-OH is 1. The van der Waals surface area contributed by atoms with Crippen molar-refractivity contribution in [1.29, 1.82) is 0 Å². The van der Waals surface area contributed by atoms with Gasteiger partial charge in [0, 0.05) is 6.61 Å². The molecule has 31 heavy (non-hydrogen) atoms. The fraction of sp³-hybridized carbons (Fsp3) is 0.926. The highest BCUT2D eigenvalue weighted by Crippen LogP contribution is 2.64. The largest absolute Gasteiger partial charge is 0.417 e. The number of nitrogens with two attached hydrogens (primary N) is 1. The predicted octanol–water partition coefficient (Wildman–Crippen LogP) is 6.52. The van der Waals surface area contributed by atoms with Crippen molar-refractivity contribution in [2.24, 2.45) is 40.2 Å². The smallest absolute Gasteiger partial charge is 0.191 e. The molecule has 4 heteroatoms. The molecule has 0 saturated heterocycles. The molecule has 3 N–H and O–H groups in total. The van der Waals surface area contributed by atoms with Crippen molar-refractivity contribution in [1.82, 2.24) is 0 Å². The summed E-state index contributed by atoms with van der Waals surface area (Å²) in [6.07, 6.45) is 8.95. The zero-order valence-corrected chi connectivity index (χ0v) is 22.6. The van der Waals surface area contributed by atoms with Crippen molar-refractivity contribution in [3.8, 4) is 0 Å². The Bertz CT molecular complexity index is 656. The molecule has 7 atom stereocenters. The van der Waals surface area contributed by atoms with Crippen LogP contribution < -0.4 is 5.73 Å². The van der Waals surface area contributed by atoms with E-state index < -0.39 is 8.32 Å². The highest BCUT2D eigenvalue weighted by Gasteiger charge is 2.56. The van der Waals surface area contributed by atoms with Crippen LogP contribution in [0.15, 0.2) is 12.2 Å². The Labute approximate surface area is 193 Å². The van der Waals surface area contributed by atoms with Crippen LogP contribution in [0.25, 0.3) is 0 Å². The molecule has 0 radical (unpaired) electrons. The molecule has 0 unspecified atom stereocenters. The molecule has 0 amide bonds. The van der Waals surface area contributed by atoms with Gasteiger partial charge in [-0.2, -0.15) is 0 Å². The molecular weight excluding hydrogens is 398 g/mol. The summed E-state index contributed by atoms with van der Waals surface area (Å²) in [4.78, 5) is 0. The minimum atomic E-state index is -1.81. The summed E-state index contributed by atoms with van der Waals surface area (Å²) in [5, 5.41) is 10.8. The van der Waals surface area contributed by atoms with Crippen LogP contribution >= 0.6 is 0 Å². The number of fused-ring (bicyclic) bond motifs is 1. The lowest BCUT2D eigenvalue weighted by Crippen LogP contribution is -2.52. The van der Waals surface area contributed by atoms with Gasteiger partial charge in [-0.3, -0.25) is 0 Å². The molecule has 3 saturated carbocycles. The minimum absolute atomic E-state index is 0.172. The molecule has 0 aromatic heterocycles. The summed E-state index contributed by atoms with van der Waals surface area (Å²) >= 11 is 0. The van der Waals surface area contributed by atoms with Crippen LogP contribution in [-0.2, 0) is 4.43 Å². The summed E-state index contributed by atoms with van der Waals surface area (Å²) in [5.74, 6) is 2.52. The van der Waals surface area contributed by atoms with E-state index in [1.54, 1.807) is 0 Å². The molecule has 0 spiro atoms. The van der Waals surface area contributed by atoms with E-state index in [4.69, 9.17) is 10.2 Å². The van der Waals surface area contributed by atoms with Gasteiger partial charge in [0.25, 0.3) is 0 Å². The summed E-state index contributed by atoms with van der Waals surface area (Å²) in [6, 6.07) is 0. The fourth-order valence-corrected chi connectivity index (χ4v) is 8.33. The van der Waals surface area contributed by atoms with Gasteiger partial charge in [-0.15, -0.1) is 0 Å². The predicted molar refractivity (Wildman–Crippen MR) is 134 cm³/mol. The van der Waals surface area contributed by atoms with E-state index in [0.29, 0.717) is 23.2 Å². The van der Waals surface area contributed by atoms with Crippen molar-refractivity contribution < 1.29 is 9.53 Å². The Kier molecular flexibility index (Phi) is 7.30. The third kappa shape index (κ3) is 4.61. The van der Waals surface area contributed by atoms with Crippen LogP contribution in [-0.4, -0.2) is 32.7 Å². The second-order valence-corrected chi connectivity index (χ2v) is 18.1. The SMILES string of the molecule is C=C1CC[C@H]2[C@@H](CCN)[C@@H]([C@@]3(C)CC[C@H](O)C[C@@H]3CO[Si](C)(C)C(C)(C)C)CC[C@]12C. The average Bonchev–Trinajstić information content (AvgIpc) is 2.97.